The predicted molar refractivity (Wildman–Crippen MR) is 112 cm³/mol. The molecule has 0 aromatic carbocycles. The molecule has 0 bridgehead atoms. The first-order valence-corrected chi connectivity index (χ1v) is 10.5. The molecule has 5 heteroatoms. The van der Waals surface area contributed by atoms with Crippen LogP contribution in [0.15, 0.2) is 36.5 Å². The summed E-state index contributed by atoms with van der Waals surface area (Å²) in [4.78, 5) is 34.7. The number of allylic oxidation sites excluding steroid dienone is 1. The van der Waals surface area contributed by atoms with Crippen molar-refractivity contribution in [1.29, 1.82) is 0 Å². The highest BCUT2D eigenvalue weighted by molar-refractivity contribution is 5.93. The van der Waals surface area contributed by atoms with Gasteiger partial charge < -0.3 is 9.88 Å². The molecule has 5 rings (SSSR count). The third-order valence-corrected chi connectivity index (χ3v) is 6.16. The van der Waals surface area contributed by atoms with Gasteiger partial charge in [0.25, 0.3) is 5.91 Å². The Morgan fingerprint density at radius 3 is 2.90 bits per heavy atom. The summed E-state index contributed by atoms with van der Waals surface area (Å²) in [5, 5.41) is 0. The Kier molecular flexibility index (Phi) is 4.46. The molecule has 148 valence electrons. The normalized spacial score (nSPS) is 20.5. The lowest BCUT2D eigenvalue weighted by atomic mass is 9.87. The molecule has 2 aliphatic carbocycles. The fraction of sp³-hybridized carbons (Fsp3) is 0.375. The van der Waals surface area contributed by atoms with E-state index in [4.69, 9.17) is 4.98 Å². The number of fused-ring (bicyclic) bond motifs is 1. The molecule has 3 aliphatic rings. The fourth-order valence-corrected chi connectivity index (χ4v) is 4.44. The number of aromatic amines is 1. The van der Waals surface area contributed by atoms with Crippen molar-refractivity contribution in [3.8, 4) is 0 Å². The minimum atomic E-state index is 0.0349. The Morgan fingerprint density at radius 1 is 1.31 bits per heavy atom. The molecule has 1 unspecified atom stereocenters. The Balaban J connectivity index is 1.43. The number of Topliss-reactive ketones (excluding diaryl/α,β-unsaturated/α-hetero) is 1. The summed E-state index contributed by atoms with van der Waals surface area (Å²) >= 11 is 0. The molecule has 1 N–H and O–H groups in total. The standard InChI is InChI=1S/C24H25N3O2/c1-15-14-27(24(29)22-6-3-10-25-22)11-9-18(15)20-12-17(13-23(28)16-7-8-16)26-21-5-2-4-19(20)21/h2-4,6,9-10,12,15-16,25H,5,7-8,11,13-14H2,1H3. The van der Waals surface area contributed by atoms with Crippen molar-refractivity contribution in [3.63, 3.8) is 0 Å². The number of hydrogen-bond acceptors (Lipinski definition) is 3. The molecule has 2 aromatic rings. The second-order valence-corrected chi connectivity index (χ2v) is 8.40. The van der Waals surface area contributed by atoms with Gasteiger partial charge in [-0.05, 0) is 48.1 Å². The maximum absolute atomic E-state index is 12.7. The smallest absolute Gasteiger partial charge is 0.270 e. The van der Waals surface area contributed by atoms with Crippen LogP contribution in [0.4, 0.5) is 0 Å². The predicted octanol–water partition coefficient (Wildman–Crippen LogP) is 3.68. The van der Waals surface area contributed by atoms with E-state index in [2.05, 4.69) is 36.2 Å². The van der Waals surface area contributed by atoms with Crippen LogP contribution in [0.2, 0.25) is 0 Å². The molecule has 1 aliphatic heterocycles. The van der Waals surface area contributed by atoms with Gasteiger partial charge in [0.2, 0.25) is 0 Å². The van der Waals surface area contributed by atoms with E-state index in [1.165, 1.54) is 16.7 Å². The van der Waals surface area contributed by atoms with Gasteiger partial charge >= 0.3 is 0 Å². The molecule has 1 fully saturated rings. The van der Waals surface area contributed by atoms with Crippen molar-refractivity contribution in [2.24, 2.45) is 11.8 Å². The first-order chi connectivity index (χ1) is 14.1. The summed E-state index contributed by atoms with van der Waals surface area (Å²) in [5.74, 6) is 0.831. The minimum absolute atomic E-state index is 0.0349. The zero-order chi connectivity index (χ0) is 20.0. The average Bonchev–Trinajstić information content (AvgIpc) is 3.22. The quantitative estimate of drug-likeness (QED) is 0.851. The zero-order valence-electron chi connectivity index (χ0n) is 16.6. The minimum Gasteiger partial charge on any atom is -0.357 e. The van der Waals surface area contributed by atoms with Gasteiger partial charge in [-0.15, -0.1) is 0 Å². The lowest BCUT2D eigenvalue weighted by molar-refractivity contribution is -0.119. The first kappa shape index (κ1) is 18.1. The molecule has 3 heterocycles. The van der Waals surface area contributed by atoms with Crippen LogP contribution in [0, 0.1) is 11.8 Å². The Hall–Kier alpha value is -2.95. The molecule has 5 nitrogen and oxygen atoms in total. The first-order valence-electron chi connectivity index (χ1n) is 10.5. The van der Waals surface area contributed by atoms with Gasteiger partial charge in [-0.3, -0.25) is 14.6 Å². The number of aromatic nitrogens is 2. The van der Waals surface area contributed by atoms with E-state index in [-0.39, 0.29) is 17.7 Å². The highest BCUT2D eigenvalue weighted by Gasteiger charge is 2.31. The van der Waals surface area contributed by atoms with E-state index in [0.29, 0.717) is 31.0 Å². The van der Waals surface area contributed by atoms with Crippen molar-refractivity contribution >= 4 is 23.3 Å². The second-order valence-electron chi connectivity index (χ2n) is 8.40. The van der Waals surface area contributed by atoms with Gasteiger partial charge in [0.15, 0.2) is 0 Å². The monoisotopic (exact) mass is 387 g/mol. The van der Waals surface area contributed by atoms with Gasteiger partial charge in [0, 0.05) is 49.3 Å². The summed E-state index contributed by atoms with van der Waals surface area (Å²) in [6.45, 7) is 3.44. The number of amides is 1. The molecule has 2 aromatic heterocycles. The van der Waals surface area contributed by atoms with Crippen LogP contribution in [0.5, 0.6) is 0 Å². The zero-order valence-corrected chi connectivity index (χ0v) is 16.6. The number of carbonyl (C=O) groups is 2. The Labute approximate surface area is 170 Å². The molecular formula is C24H25N3O2. The molecule has 29 heavy (non-hydrogen) atoms. The Bertz CT molecular complexity index is 1030. The van der Waals surface area contributed by atoms with Crippen LogP contribution >= 0.6 is 0 Å². The largest absolute Gasteiger partial charge is 0.357 e. The second kappa shape index (κ2) is 7.14. The summed E-state index contributed by atoms with van der Waals surface area (Å²) in [6, 6.07) is 5.77. The molecule has 1 amide bonds. The van der Waals surface area contributed by atoms with Gasteiger partial charge in [0.05, 0.1) is 5.69 Å². The number of H-pyrrole nitrogens is 1. The Morgan fingerprint density at radius 2 is 2.17 bits per heavy atom. The van der Waals surface area contributed by atoms with Crippen LogP contribution < -0.4 is 0 Å². The van der Waals surface area contributed by atoms with E-state index >= 15 is 0 Å². The molecule has 1 atom stereocenters. The number of ketones is 1. The molecule has 1 saturated carbocycles. The lowest BCUT2D eigenvalue weighted by Gasteiger charge is -2.32. The van der Waals surface area contributed by atoms with Gasteiger partial charge in [0.1, 0.15) is 11.5 Å². The van der Waals surface area contributed by atoms with Crippen LogP contribution in [-0.2, 0) is 17.6 Å². The van der Waals surface area contributed by atoms with E-state index in [0.717, 1.165) is 30.7 Å². The summed E-state index contributed by atoms with van der Waals surface area (Å²) in [7, 11) is 0. The summed E-state index contributed by atoms with van der Waals surface area (Å²) < 4.78 is 0. The number of pyridine rings is 1. The number of rotatable bonds is 5. The summed E-state index contributed by atoms with van der Waals surface area (Å²) in [5.41, 5.74) is 6.20. The van der Waals surface area contributed by atoms with Gasteiger partial charge in [-0.25, -0.2) is 0 Å². The van der Waals surface area contributed by atoms with Crippen molar-refractivity contribution in [2.75, 3.05) is 13.1 Å². The van der Waals surface area contributed by atoms with Gasteiger partial charge in [-0.2, -0.15) is 0 Å². The maximum atomic E-state index is 12.7. The van der Waals surface area contributed by atoms with Crippen LogP contribution in [0.3, 0.4) is 0 Å². The van der Waals surface area contributed by atoms with E-state index in [9.17, 15) is 9.59 Å². The molecular weight excluding hydrogens is 362 g/mol. The fourth-order valence-electron chi connectivity index (χ4n) is 4.44. The van der Waals surface area contributed by atoms with Crippen molar-refractivity contribution in [1.82, 2.24) is 14.9 Å². The van der Waals surface area contributed by atoms with Crippen LogP contribution in [-0.4, -0.2) is 39.6 Å². The third kappa shape index (κ3) is 3.46. The number of nitrogens with zero attached hydrogens (tertiary/aromatic N) is 2. The van der Waals surface area contributed by atoms with Gasteiger partial charge in [-0.1, -0.05) is 25.2 Å². The van der Waals surface area contributed by atoms with Crippen molar-refractivity contribution in [3.05, 3.63) is 64.8 Å². The number of hydrogen-bond donors (Lipinski definition) is 1. The molecule has 0 saturated heterocycles. The topological polar surface area (TPSA) is 66.1 Å². The average molecular weight is 387 g/mol. The SMILES string of the molecule is CC1CN(C(=O)c2ccc[nH]2)CC=C1c1cc(CC(=O)C2CC2)nc2c1C=CC2. The van der Waals surface area contributed by atoms with Crippen LogP contribution in [0.1, 0.15) is 52.8 Å². The lowest BCUT2D eigenvalue weighted by Crippen LogP contribution is -2.38. The van der Waals surface area contributed by atoms with E-state index in [1.807, 2.05) is 17.0 Å². The molecule has 0 radical (unpaired) electrons. The molecule has 0 spiro atoms. The highest BCUT2D eigenvalue weighted by Crippen LogP contribution is 2.36. The van der Waals surface area contributed by atoms with Crippen molar-refractivity contribution in [2.45, 2.75) is 32.6 Å². The van der Waals surface area contributed by atoms with E-state index in [1.54, 1.807) is 6.20 Å². The number of carbonyl (C=O) groups excluding carboxylic acids is 2. The summed E-state index contributed by atoms with van der Waals surface area (Å²) in [6.07, 6.45) is 11.6. The highest BCUT2D eigenvalue weighted by atomic mass is 16.2. The van der Waals surface area contributed by atoms with Crippen LogP contribution in [0.25, 0.3) is 11.6 Å². The number of nitrogens with one attached hydrogen (secondary N) is 1. The third-order valence-electron chi connectivity index (χ3n) is 6.16. The maximum Gasteiger partial charge on any atom is 0.270 e. The van der Waals surface area contributed by atoms with E-state index < -0.39 is 0 Å². The van der Waals surface area contributed by atoms with Crippen molar-refractivity contribution < 1.29 is 9.59 Å².